The summed E-state index contributed by atoms with van der Waals surface area (Å²) in [6.45, 7) is 1.97. The summed E-state index contributed by atoms with van der Waals surface area (Å²) in [5.74, 6) is 1.83. The topological polar surface area (TPSA) is 101 Å². The monoisotopic (exact) mass is 387 g/mol. The molecule has 9 heteroatoms. The van der Waals surface area contributed by atoms with Crippen molar-refractivity contribution in [2.45, 2.75) is 17.6 Å². The molecule has 0 bridgehead atoms. The first kappa shape index (κ1) is 18.7. The normalized spacial score (nSPS) is 10.6. The second-order valence-corrected chi connectivity index (χ2v) is 6.55. The summed E-state index contributed by atoms with van der Waals surface area (Å²) in [7, 11) is 2.84. The Hall–Kier alpha value is -3.07. The third kappa shape index (κ3) is 4.03. The van der Waals surface area contributed by atoms with Gasteiger partial charge in [-0.2, -0.15) is 0 Å². The van der Waals surface area contributed by atoms with E-state index in [1.165, 1.54) is 32.0 Å². The number of nitro benzene ring substituents is 1. The minimum absolute atomic E-state index is 0.154. The maximum absolute atomic E-state index is 11.1. The molecule has 0 unspecified atom stereocenters. The maximum atomic E-state index is 11.1. The number of hydrogen-bond donors (Lipinski definition) is 0. The predicted octanol–water partition coefficient (Wildman–Crippen LogP) is 4.26. The fourth-order valence-electron chi connectivity index (χ4n) is 2.48. The highest BCUT2D eigenvalue weighted by Crippen LogP contribution is 2.40. The van der Waals surface area contributed by atoms with Crippen LogP contribution in [0.25, 0.3) is 11.5 Å². The minimum atomic E-state index is -0.512. The third-order valence-corrected chi connectivity index (χ3v) is 4.88. The summed E-state index contributed by atoms with van der Waals surface area (Å²) in [4.78, 5) is 11.3. The fourth-order valence-corrected chi connectivity index (χ4v) is 3.35. The molecular formula is C18H17N3O5S. The molecule has 0 aliphatic rings. The lowest BCUT2D eigenvalue weighted by molar-refractivity contribution is -0.385. The highest BCUT2D eigenvalue weighted by atomic mass is 32.2. The van der Waals surface area contributed by atoms with Crippen molar-refractivity contribution in [1.82, 2.24) is 10.2 Å². The van der Waals surface area contributed by atoms with Gasteiger partial charge in [-0.15, -0.1) is 22.0 Å². The van der Waals surface area contributed by atoms with Gasteiger partial charge in [0.1, 0.15) is 5.75 Å². The van der Waals surface area contributed by atoms with Crippen molar-refractivity contribution < 1.29 is 18.8 Å². The molecule has 0 amide bonds. The first-order valence-electron chi connectivity index (χ1n) is 7.95. The van der Waals surface area contributed by atoms with Gasteiger partial charge in [-0.1, -0.05) is 18.2 Å². The molecule has 3 rings (SSSR count). The van der Waals surface area contributed by atoms with Crippen LogP contribution < -0.4 is 9.47 Å². The lowest BCUT2D eigenvalue weighted by Gasteiger charge is -2.09. The van der Waals surface area contributed by atoms with Crippen molar-refractivity contribution in [2.75, 3.05) is 14.2 Å². The van der Waals surface area contributed by atoms with Crippen LogP contribution in [0, 0.1) is 17.0 Å². The summed E-state index contributed by atoms with van der Waals surface area (Å²) >= 11 is 1.36. The molecule has 3 aromatic rings. The van der Waals surface area contributed by atoms with E-state index in [0.717, 1.165) is 11.1 Å². The number of nitrogens with zero attached hydrogens (tertiary/aromatic N) is 3. The molecule has 140 valence electrons. The predicted molar refractivity (Wildman–Crippen MR) is 100 cm³/mol. The van der Waals surface area contributed by atoms with E-state index in [9.17, 15) is 10.1 Å². The van der Waals surface area contributed by atoms with Gasteiger partial charge in [0.15, 0.2) is 5.75 Å². The van der Waals surface area contributed by atoms with Gasteiger partial charge >= 0.3 is 5.69 Å². The first-order chi connectivity index (χ1) is 13.0. The summed E-state index contributed by atoms with van der Waals surface area (Å²) in [5, 5.41) is 19.3. The van der Waals surface area contributed by atoms with Crippen molar-refractivity contribution in [3.05, 3.63) is 58.0 Å². The van der Waals surface area contributed by atoms with Crippen LogP contribution in [0.4, 0.5) is 5.69 Å². The Morgan fingerprint density at radius 3 is 2.56 bits per heavy atom. The zero-order valence-electron chi connectivity index (χ0n) is 15.0. The Labute approximate surface area is 159 Å². The molecule has 0 fully saturated rings. The molecular weight excluding hydrogens is 370 g/mol. The van der Waals surface area contributed by atoms with Crippen LogP contribution in [0.1, 0.15) is 11.5 Å². The number of methoxy groups -OCH3 is 2. The van der Waals surface area contributed by atoms with Crippen molar-refractivity contribution >= 4 is 17.4 Å². The largest absolute Gasteiger partial charge is 0.495 e. The number of aromatic nitrogens is 2. The van der Waals surface area contributed by atoms with Gasteiger partial charge in [0.25, 0.3) is 0 Å². The van der Waals surface area contributed by atoms with Gasteiger partial charge in [0.05, 0.1) is 35.9 Å². The first-order valence-corrected chi connectivity index (χ1v) is 8.93. The number of aryl methyl sites for hydroxylation is 1. The third-order valence-electron chi connectivity index (χ3n) is 3.86. The fraction of sp³-hybridized carbons (Fsp3) is 0.222. The van der Waals surface area contributed by atoms with E-state index >= 15 is 0 Å². The molecule has 0 N–H and O–H groups in total. The number of benzene rings is 2. The van der Waals surface area contributed by atoms with Crippen LogP contribution in [-0.4, -0.2) is 29.3 Å². The highest BCUT2D eigenvalue weighted by Gasteiger charge is 2.20. The SMILES string of the molecule is COc1cc([N+](=O)[O-])c(OC)cc1SCc1nnc(-c2ccccc2C)o1. The van der Waals surface area contributed by atoms with Crippen molar-refractivity contribution in [3.63, 3.8) is 0 Å². The Balaban J connectivity index is 1.81. The minimum Gasteiger partial charge on any atom is -0.495 e. The molecule has 8 nitrogen and oxygen atoms in total. The Kier molecular flexibility index (Phi) is 5.60. The summed E-state index contributed by atoms with van der Waals surface area (Å²) in [5.41, 5.74) is 1.77. The van der Waals surface area contributed by atoms with E-state index < -0.39 is 4.92 Å². The average molecular weight is 387 g/mol. The molecule has 0 aliphatic heterocycles. The number of ether oxygens (including phenoxy) is 2. The van der Waals surface area contributed by atoms with Gasteiger partial charge < -0.3 is 13.9 Å². The van der Waals surface area contributed by atoms with Gasteiger partial charge in [0, 0.05) is 11.6 Å². The Morgan fingerprint density at radius 1 is 1.15 bits per heavy atom. The lowest BCUT2D eigenvalue weighted by atomic mass is 10.1. The lowest BCUT2D eigenvalue weighted by Crippen LogP contribution is -1.96. The van der Waals surface area contributed by atoms with Crippen LogP contribution in [-0.2, 0) is 5.75 Å². The Bertz CT molecular complexity index is 973. The number of thioether (sulfide) groups is 1. The van der Waals surface area contributed by atoms with E-state index in [4.69, 9.17) is 13.9 Å². The zero-order chi connectivity index (χ0) is 19.4. The van der Waals surface area contributed by atoms with Gasteiger partial charge in [-0.05, 0) is 18.6 Å². The van der Waals surface area contributed by atoms with E-state index in [1.807, 2.05) is 31.2 Å². The molecule has 0 saturated carbocycles. The second kappa shape index (κ2) is 8.09. The van der Waals surface area contributed by atoms with E-state index in [0.29, 0.717) is 28.2 Å². The number of rotatable bonds is 7. The van der Waals surface area contributed by atoms with E-state index in [1.54, 1.807) is 6.07 Å². The number of nitro groups is 1. The van der Waals surface area contributed by atoms with Crippen LogP contribution in [0.3, 0.4) is 0 Å². The molecule has 27 heavy (non-hydrogen) atoms. The molecule has 0 saturated heterocycles. The summed E-state index contributed by atoms with van der Waals surface area (Å²) in [6.07, 6.45) is 0. The molecule has 0 spiro atoms. The van der Waals surface area contributed by atoms with E-state index in [2.05, 4.69) is 10.2 Å². The van der Waals surface area contributed by atoms with Crippen molar-refractivity contribution in [2.24, 2.45) is 0 Å². The molecule has 0 radical (unpaired) electrons. The quantitative estimate of drug-likeness (QED) is 0.337. The summed E-state index contributed by atoms with van der Waals surface area (Å²) < 4.78 is 16.1. The smallest absolute Gasteiger partial charge is 0.314 e. The zero-order valence-corrected chi connectivity index (χ0v) is 15.8. The van der Waals surface area contributed by atoms with Crippen LogP contribution in [0.5, 0.6) is 11.5 Å². The standard InChI is InChI=1S/C18H17N3O5S/c1-11-6-4-5-7-12(11)18-20-19-17(26-18)10-27-16-9-14(24-2)13(21(22)23)8-15(16)25-3/h4-9H,10H2,1-3H3. The molecule has 1 aromatic heterocycles. The number of hydrogen-bond acceptors (Lipinski definition) is 8. The van der Waals surface area contributed by atoms with Crippen LogP contribution in [0.2, 0.25) is 0 Å². The highest BCUT2D eigenvalue weighted by molar-refractivity contribution is 7.98. The maximum Gasteiger partial charge on any atom is 0.314 e. The van der Waals surface area contributed by atoms with Crippen molar-refractivity contribution in [1.29, 1.82) is 0 Å². The molecule has 0 aliphatic carbocycles. The average Bonchev–Trinajstić information content (AvgIpc) is 3.14. The van der Waals surface area contributed by atoms with Crippen LogP contribution >= 0.6 is 11.8 Å². The van der Waals surface area contributed by atoms with Gasteiger partial charge in [-0.25, -0.2) is 0 Å². The van der Waals surface area contributed by atoms with Crippen molar-refractivity contribution in [3.8, 4) is 23.0 Å². The van der Waals surface area contributed by atoms with Gasteiger partial charge in [0.2, 0.25) is 11.8 Å². The molecule has 2 aromatic carbocycles. The molecule has 0 atom stereocenters. The Morgan fingerprint density at radius 2 is 1.89 bits per heavy atom. The summed E-state index contributed by atoms with van der Waals surface area (Å²) in [6, 6.07) is 10.7. The van der Waals surface area contributed by atoms with E-state index in [-0.39, 0.29) is 11.4 Å². The molecule has 1 heterocycles. The second-order valence-electron chi connectivity index (χ2n) is 5.54. The van der Waals surface area contributed by atoms with Gasteiger partial charge in [-0.3, -0.25) is 10.1 Å². The van der Waals surface area contributed by atoms with Crippen LogP contribution in [0.15, 0.2) is 45.7 Å².